The molecule has 1 aliphatic rings. The minimum Gasteiger partial charge on any atom is -0.350 e. The Bertz CT molecular complexity index is 1580. The third-order valence-corrected chi connectivity index (χ3v) is 7.26. The number of fused-ring (bicyclic) bond motifs is 3. The molecule has 5 heterocycles. The fourth-order valence-corrected chi connectivity index (χ4v) is 5.33. The van der Waals surface area contributed by atoms with Gasteiger partial charge in [-0.25, -0.2) is 9.37 Å². The fraction of sp³-hybridized carbons (Fsp3) is 0.241. The molecule has 2 N–H and O–H groups in total. The molecule has 1 fully saturated rings. The van der Waals surface area contributed by atoms with Crippen LogP contribution in [0.15, 0.2) is 67.3 Å². The second-order valence-electron chi connectivity index (χ2n) is 9.40. The van der Waals surface area contributed by atoms with Crippen LogP contribution in [0.25, 0.3) is 44.3 Å². The summed E-state index contributed by atoms with van der Waals surface area (Å²) >= 11 is 0. The molecule has 0 spiro atoms. The van der Waals surface area contributed by atoms with E-state index in [2.05, 4.69) is 37.1 Å². The van der Waals surface area contributed by atoms with E-state index in [1.807, 2.05) is 18.2 Å². The van der Waals surface area contributed by atoms with Crippen molar-refractivity contribution in [1.29, 1.82) is 0 Å². The second kappa shape index (κ2) is 9.71. The fourth-order valence-electron chi connectivity index (χ4n) is 5.33. The van der Waals surface area contributed by atoms with E-state index in [9.17, 15) is 4.79 Å². The minimum atomic E-state index is -0.425. The SMILES string of the molecule is CCN1CCCC1CNC(=O)c1ccc(-c2c(F)cnc3[nH]c4cnc(-c5cccnc5)cc4c23)cc1. The highest BCUT2D eigenvalue weighted by molar-refractivity contribution is 6.13. The summed E-state index contributed by atoms with van der Waals surface area (Å²) in [6, 6.07) is 13.2. The van der Waals surface area contributed by atoms with Gasteiger partial charge in [-0.2, -0.15) is 0 Å². The van der Waals surface area contributed by atoms with E-state index < -0.39 is 5.82 Å². The van der Waals surface area contributed by atoms with Crippen molar-refractivity contribution in [1.82, 2.24) is 30.2 Å². The van der Waals surface area contributed by atoms with Crippen LogP contribution in [-0.2, 0) is 0 Å². The zero-order valence-corrected chi connectivity index (χ0v) is 20.5. The number of carbonyl (C=O) groups is 1. The molecule has 1 saturated heterocycles. The Morgan fingerprint density at radius 3 is 2.78 bits per heavy atom. The van der Waals surface area contributed by atoms with Gasteiger partial charge in [0.05, 0.1) is 23.6 Å². The molecular formula is C29H27FN6O. The topological polar surface area (TPSA) is 86.8 Å². The van der Waals surface area contributed by atoms with Gasteiger partial charge < -0.3 is 10.3 Å². The van der Waals surface area contributed by atoms with Crippen LogP contribution in [0.5, 0.6) is 0 Å². The van der Waals surface area contributed by atoms with Gasteiger partial charge in [0.1, 0.15) is 11.5 Å². The van der Waals surface area contributed by atoms with Crippen LogP contribution in [0.1, 0.15) is 30.1 Å². The van der Waals surface area contributed by atoms with E-state index in [-0.39, 0.29) is 5.91 Å². The van der Waals surface area contributed by atoms with Crippen LogP contribution in [0.2, 0.25) is 0 Å². The van der Waals surface area contributed by atoms with Gasteiger partial charge in [-0.1, -0.05) is 19.1 Å². The Morgan fingerprint density at radius 1 is 1.14 bits per heavy atom. The van der Waals surface area contributed by atoms with Crippen LogP contribution in [0, 0.1) is 5.82 Å². The predicted octanol–water partition coefficient (Wildman–Crippen LogP) is 5.19. The zero-order valence-electron chi connectivity index (χ0n) is 20.5. The number of aromatic amines is 1. The van der Waals surface area contributed by atoms with Crippen molar-refractivity contribution < 1.29 is 9.18 Å². The second-order valence-corrected chi connectivity index (χ2v) is 9.40. The molecule has 37 heavy (non-hydrogen) atoms. The van der Waals surface area contributed by atoms with Crippen LogP contribution in [0.3, 0.4) is 0 Å². The first-order valence-electron chi connectivity index (χ1n) is 12.6. The van der Waals surface area contributed by atoms with E-state index in [1.165, 1.54) is 12.6 Å². The number of hydrogen-bond donors (Lipinski definition) is 2. The van der Waals surface area contributed by atoms with E-state index in [1.54, 1.807) is 42.9 Å². The van der Waals surface area contributed by atoms with E-state index in [0.29, 0.717) is 40.3 Å². The number of carbonyl (C=O) groups excluding carboxylic acids is 1. The lowest BCUT2D eigenvalue weighted by atomic mass is 9.99. The standard InChI is InChI=1S/C29H27FN6O/c1-2-36-12-4-6-21(36)15-34-29(37)19-9-7-18(8-10-19)26-23(30)16-33-28-27(26)22-13-24(32-17-25(22)35-28)20-5-3-11-31-14-20/h3,5,7-11,13-14,16-17,21H,2,4,6,12,15H2,1H3,(H,33,35)(H,34,37). The van der Waals surface area contributed by atoms with Gasteiger partial charge in [-0.15, -0.1) is 0 Å². The first-order valence-corrected chi connectivity index (χ1v) is 12.6. The highest BCUT2D eigenvalue weighted by Crippen LogP contribution is 2.36. The molecule has 1 amide bonds. The molecule has 1 aliphatic heterocycles. The summed E-state index contributed by atoms with van der Waals surface area (Å²) in [6.07, 6.45) is 8.70. The highest BCUT2D eigenvalue weighted by atomic mass is 19.1. The largest absolute Gasteiger partial charge is 0.350 e. The number of benzene rings is 1. The molecule has 1 aromatic carbocycles. The van der Waals surface area contributed by atoms with Crippen LogP contribution < -0.4 is 5.32 Å². The average Bonchev–Trinajstić information content (AvgIpc) is 3.56. The van der Waals surface area contributed by atoms with Crippen molar-refractivity contribution in [2.24, 2.45) is 0 Å². The average molecular weight is 495 g/mol. The summed E-state index contributed by atoms with van der Waals surface area (Å²) in [7, 11) is 0. The van der Waals surface area contributed by atoms with Gasteiger partial charge in [0.2, 0.25) is 0 Å². The van der Waals surface area contributed by atoms with E-state index >= 15 is 4.39 Å². The number of likely N-dealkylation sites (N-methyl/N-ethyl adjacent to an activating group) is 1. The maximum Gasteiger partial charge on any atom is 0.251 e. The van der Waals surface area contributed by atoms with E-state index in [4.69, 9.17) is 0 Å². The monoisotopic (exact) mass is 494 g/mol. The van der Waals surface area contributed by atoms with Gasteiger partial charge in [-0.05, 0) is 61.8 Å². The number of pyridine rings is 3. The normalized spacial score (nSPS) is 16.0. The van der Waals surface area contributed by atoms with Gasteiger partial charge in [0.25, 0.3) is 5.91 Å². The number of likely N-dealkylation sites (tertiary alicyclic amines) is 1. The predicted molar refractivity (Wildman–Crippen MR) is 143 cm³/mol. The van der Waals surface area contributed by atoms with Crippen LogP contribution in [0.4, 0.5) is 4.39 Å². The quantitative estimate of drug-likeness (QED) is 0.339. The Morgan fingerprint density at radius 2 is 2.00 bits per heavy atom. The van der Waals surface area contributed by atoms with Crippen molar-refractivity contribution in [2.75, 3.05) is 19.6 Å². The lowest BCUT2D eigenvalue weighted by Gasteiger charge is -2.22. The molecule has 0 bridgehead atoms. The summed E-state index contributed by atoms with van der Waals surface area (Å²) in [5.41, 5.74) is 4.64. The van der Waals surface area contributed by atoms with Crippen molar-refractivity contribution in [3.63, 3.8) is 0 Å². The van der Waals surface area contributed by atoms with Gasteiger partial charge in [-0.3, -0.25) is 19.7 Å². The number of rotatable bonds is 6. The molecule has 4 aromatic heterocycles. The number of nitrogens with zero attached hydrogens (tertiary/aromatic N) is 4. The first kappa shape index (κ1) is 23.2. The van der Waals surface area contributed by atoms with Crippen molar-refractivity contribution in [3.05, 3.63) is 78.6 Å². The maximum absolute atomic E-state index is 15.3. The Labute approximate surface area is 213 Å². The molecule has 0 saturated carbocycles. The van der Waals surface area contributed by atoms with Crippen molar-refractivity contribution in [2.45, 2.75) is 25.8 Å². The lowest BCUT2D eigenvalue weighted by Crippen LogP contribution is -2.40. The van der Waals surface area contributed by atoms with Crippen LogP contribution >= 0.6 is 0 Å². The molecule has 1 atom stereocenters. The molecule has 6 rings (SSSR count). The Balaban J connectivity index is 1.33. The van der Waals surface area contributed by atoms with Gasteiger partial charge in [0.15, 0.2) is 0 Å². The van der Waals surface area contributed by atoms with E-state index in [0.717, 1.165) is 41.7 Å². The zero-order chi connectivity index (χ0) is 25.4. The van der Waals surface area contributed by atoms with Crippen LogP contribution in [-0.4, -0.2) is 56.4 Å². The molecule has 186 valence electrons. The molecule has 7 nitrogen and oxygen atoms in total. The summed E-state index contributed by atoms with van der Waals surface area (Å²) in [5, 5.41) is 4.57. The van der Waals surface area contributed by atoms with Crippen molar-refractivity contribution in [3.8, 4) is 22.4 Å². The smallest absolute Gasteiger partial charge is 0.251 e. The molecule has 1 unspecified atom stereocenters. The summed E-state index contributed by atoms with van der Waals surface area (Å²) < 4.78 is 15.3. The third kappa shape index (κ3) is 4.34. The molecule has 8 heteroatoms. The Hall–Kier alpha value is -4.17. The van der Waals surface area contributed by atoms with Gasteiger partial charge >= 0.3 is 0 Å². The van der Waals surface area contributed by atoms with Crippen molar-refractivity contribution >= 4 is 27.8 Å². The maximum atomic E-state index is 15.3. The number of halogens is 1. The Kier molecular flexibility index (Phi) is 6.10. The minimum absolute atomic E-state index is 0.117. The summed E-state index contributed by atoms with van der Waals surface area (Å²) in [6.45, 7) is 4.87. The third-order valence-electron chi connectivity index (χ3n) is 7.26. The van der Waals surface area contributed by atoms with Gasteiger partial charge in [0, 0.05) is 52.4 Å². The lowest BCUT2D eigenvalue weighted by molar-refractivity contribution is 0.0941. The number of H-pyrrole nitrogens is 1. The summed E-state index contributed by atoms with van der Waals surface area (Å²) in [4.78, 5) is 31.5. The number of amides is 1. The first-order chi connectivity index (χ1) is 18.1. The number of aromatic nitrogens is 4. The molecule has 5 aromatic rings. The molecular weight excluding hydrogens is 467 g/mol. The number of nitrogens with one attached hydrogen (secondary N) is 2. The molecule has 0 aliphatic carbocycles. The number of hydrogen-bond acceptors (Lipinski definition) is 5. The highest BCUT2D eigenvalue weighted by Gasteiger charge is 2.23. The summed E-state index contributed by atoms with van der Waals surface area (Å²) in [5.74, 6) is -0.541. The molecule has 0 radical (unpaired) electrons.